The number of aliphatic imine (C=N–C) groups is 1. The fraction of sp³-hybridized carbons (Fsp3) is 0.857. The monoisotopic (exact) mass is 173 g/mol. The van der Waals surface area contributed by atoms with E-state index in [1.807, 2.05) is 13.8 Å². The highest BCUT2D eigenvalue weighted by Gasteiger charge is 2.23. The molecule has 0 aromatic carbocycles. The fourth-order valence-electron chi connectivity index (χ4n) is 1.12. The summed E-state index contributed by atoms with van der Waals surface area (Å²) in [5.74, 6) is 0. The van der Waals surface area contributed by atoms with Gasteiger partial charge in [0.05, 0.1) is 11.3 Å². The van der Waals surface area contributed by atoms with Gasteiger partial charge in [-0.3, -0.25) is 0 Å². The van der Waals surface area contributed by atoms with Crippen molar-refractivity contribution < 1.29 is 9.47 Å². The third-order valence-electron chi connectivity index (χ3n) is 1.50. The van der Waals surface area contributed by atoms with Crippen molar-refractivity contribution in [2.45, 2.75) is 38.9 Å². The second-order valence-corrected chi connectivity index (χ2v) is 2.74. The van der Waals surface area contributed by atoms with Crippen LogP contribution in [-0.4, -0.2) is 23.8 Å². The van der Waals surface area contributed by atoms with E-state index in [0.717, 1.165) is 6.42 Å². The Bertz CT molecular complexity index is 169. The van der Waals surface area contributed by atoms with Crippen molar-refractivity contribution in [2.24, 2.45) is 4.99 Å². The second kappa shape index (κ2) is 3.93. The summed E-state index contributed by atoms with van der Waals surface area (Å²) < 4.78 is 10.6. The molecule has 0 aromatic heterocycles. The largest absolute Gasteiger partial charge is 0.350 e. The number of rotatable bonds is 1. The molecule has 0 spiro atoms. The molecule has 62 valence electrons. The van der Waals surface area contributed by atoms with Crippen LogP contribution in [0.5, 0.6) is 0 Å². The number of thiocarbonyl (C=S) groups is 1. The van der Waals surface area contributed by atoms with Crippen molar-refractivity contribution in [2.75, 3.05) is 0 Å². The molecule has 0 N–H and O–H groups in total. The molecule has 0 radical (unpaired) electrons. The first-order chi connectivity index (χ1) is 5.22. The van der Waals surface area contributed by atoms with E-state index in [4.69, 9.17) is 9.47 Å². The van der Waals surface area contributed by atoms with E-state index in [1.165, 1.54) is 0 Å². The van der Waals surface area contributed by atoms with Crippen molar-refractivity contribution >= 4 is 17.4 Å². The van der Waals surface area contributed by atoms with Gasteiger partial charge < -0.3 is 9.47 Å². The predicted octanol–water partition coefficient (Wildman–Crippen LogP) is 1.59. The summed E-state index contributed by atoms with van der Waals surface area (Å²) >= 11 is 4.47. The standard InChI is InChI=1S/C7H11NO2S/c1-5-3-7(8-4-11)10-6(2)9-5/h5-7H,3H2,1-2H3. The molecule has 1 aliphatic rings. The van der Waals surface area contributed by atoms with Gasteiger partial charge in [0, 0.05) is 6.42 Å². The molecule has 3 nitrogen and oxygen atoms in total. The lowest BCUT2D eigenvalue weighted by Crippen LogP contribution is -2.33. The summed E-state index contributed by atoms with van der Waals surface area (Å²) in [6.45, 7) is 3.84. The van der Waals surface area contributed by atoms with Crippen molar-refractivity contribution in [3.05, 3.63) is 0 Å². The predicted molar refractivity (Wildman–Crippen MR) is 44.5 cm³/mol. The highest BCUT2D eigenvalue weighted by atomic mass is 32.1. The van der Waals surface area contributed by atoms with E-state index in [9.17, 15) is 0 Å². The Kier molecular flexibility index (Phi) is 3.15. The van der Waals surface area contributed by atoms with E-state index < -0.39 is 0 Å². The van der Waals surface area contributed by atoms with E-state index in [-0.39, 0.29) is 18.6 Å². The molecule has 3 atom stereocenters. The lowest BCUT2D eigenvalue weighted by atomic mass is 10.2. The van der Waals surface area contributed by atoms with E-state index in [0.29, 0.717) is 0 Å². The van der Waals surface area contributed by atoms with Crippen molar-refractivity contribution in [3.8, 4) is 0 Å². The van der Waals surface area contributed by atoms with Gasteiger partial charge in [0.2, 0.25) is 0 Å². The van der Waals surface area contributed by atoms with Crippen molar-refractivity contribution in [1.82, 2.24) is 0 Å². The van der Waals surface area contributed by atoms with Gasteiger partial charge >= 0.3 is 0 Å². The molecule has 0 aromatic rings. The topological polar surface area (TPSA) is 30.8 Å². The Morgan fingerprint density at radius 1 is 1.45 bits per heavy atom. The summed E-state index contributed by atoms with van der Waals surface area (Å²) in [6, 6.07) is 0. The quantitative estimate of drug-likeness (QED) is 0.445. The van der Waals surface area contributed by atoms with Crippen LogP contribution >= 0.6 is 12.2 Å². The van der Waals surface area contributed by atoms with Gasteiger partial charge in [-0.25, -0.2) is 4.99 Å². The van der Waals surface area contributed by atoms with Crippen LogP contribution in [0.4, 0.5) is 0 Å². The van der Waals surface area contributed by atoms with Crippen molar-refractivity contribution in [3.63, 3.8) is 0 Å². The lowest BCUT2D eigenvalue weighted by Gasteiger charge is -2.29. The molecule has 0 bridgehead atoms. The Balaban J connectivity index is 2.49. The van der Waals surface area contributed by atoms with Crippen LogP contribution in [0.15, 0.2) is 4.99 Å². The smallest absolute Gasteiger partial charge is 0.163 e. The Morgan fingerprint density at radius 2 is 2.18 bits per heavy atom. The van der Waals surface area contributed by atoms with Gasteiger partial charge in [-0.05, 0) is 26.1 Å². The molecule has 0 aliphatic carbocycles. The third kappa shape index (κ3) is 2.67. The minimum absolute atomic E-state index is 0.161. The molecule has 4 heteroatoms. The van der Waals surface area contributed by atoms with Gasteiger partial charge in [0.1, 0.15) is 0 Å². The van der Waals surface area contributed by atoms with Crippen LogP contribution in [0.25, 0.3) is 0 Å². The normalized spacial score (nSPS) is 37.8. The maximum absolute atomic E-state index is 5.32. The highest BCUT2D eigenvalue weighted by Crippen LogP contribution is 2.17. The number of nitrogens with zero attached hydrogens (tertiary/aromatic N) is 1. The molecule has 1 aliphatic heterocycles. The van der Waals surface area contributed by atoms with Gasteiger partial charge in [-0.1, -0.05) is 0 Å². The molecular weight excluding hydrogens is 162 g/mol. The fourth-order valence-corrected chi connectivity index (χ4v) is 1.23. The number of hydrogen-bond donors (Lipinski definition) is 0. The zero-order valence-electron chi connectivity index (χ0n) is 6.61. The molecule has 1 rings (SSSR count). The first-order valence-corrected chi connectivity index (χ1v) is 4.01. The molecule has 3 unspecified atom stereocenters. The zero-order chi connectivity index (χ0) is 8.27. The summed E-state index contributed by atoms with van der Waals surface area (Å²) in [5.41, 5.74) is 0. The number of isothiocyanates is 1. The van der Waals surface area contributed by atoms with Gasteiger partial charge in [-0.2, -0.15) is 0 Å². The molecule has 0 amide bonds. The maximum atomic E-state index is 5.32. The Labute approximate surface area is 71.4 Å². The van der Waals surface area contributed by atoms with Crippen LogP contribution in [-0.2, 0) is 9.47 Å². The van der Waals surface area contributed by atoms with Crippen LogP contribution in [0.1, 0.15) is 20.3 Å². The van der Waals surface area contributed by atoms with Crippen LogP contribution in [0, 0.1) is 0 Å². The SMILES string of the molecule is CC1CC(N=C=S)OC(C)O1. The summed E-state index contributed by atoms with van der Waals surface area (Å²) in [4.78, 5) is 3.85. The first kappa shape index (κ1) is 8.81. The lowest BCUT2D eigenvalue weighted by molar-refractivity contribution is -0.226. The maximum Gasteiger partial charge on any atom is 0.163 e. The minimum atomic E-state index is -0.184. The van der Waals surface area contributed by atoms with Crippen LogP contribution in [0.3, 0.4) is 0 Å². The number of ether oxygens (including phenoxy) is 2. The first-order valence-electron chi connectivity index (χ1n) is 3.60. The molecular formula is C7H11NO2S. The van der Waals surface area contributed by atoms with E-state index in [1.54, 1.807) is 0 Å². The second-order valence-electron chi connectivity index (χ2n) is 2.56. The van der Waals surface area contributed by atoms with Crippen LogP contribution < -0.4 is 0 Å². The van der Waals surface area contributed by atoms with Crippen molar-refractivity contribution in [1.29, 1.82) is 0 Å². The van der Waals surface area contributed by atoms with Gasteiger partial charge in [0.25, 0.3) is 0 Å². The third-order valence-corrected chi connectivity index (χ3v) is 1.61. The molecule has 1 heterocycles. The Morgan fingerprint density at radius 3 is 2.73 bits per heavy atom. The molecule has 1 saturated heterocycles. The summed E-state index contributed by atoms with van der Waals surface area (Å²) in [7, 11) is 0. The average Bonchev–Trinajstić information content (AvgIpc) is 1.85. The summed E-state index contributed by atoms with van der Waals surface area (Å²) in [6.07, 6.45) is 0.603. The van der Waals surface area contributed by atoms with Gasteiger partial charge in [-0.15, -0.1) is 0 Å². The van der Waals surface area contributed by atoms with Crippen LogP contribution in [0.2, 0.25) is 0 Å². The van der Waals surface area contributed by atoms with Gasteiger partial charge in [0.15, 0.2) is 12.5 Å². The average molecular weight is 173 g/mol. The number of hydrogen-bond acceptors (Lipinski definition) is 4. The molecule has 11 heavy (non-hydrogen) atoms. The molecule has 0 saturated carbocycles. The Hall–Kier alpha value is -0.280. The van der Waals surface area contributed by atoms with E-state index >= 15 is 0 Å². The zero-order valence-corrected chi connectivity index (χ0v) is 7.43. The highest BCUT2D eigenvalue weighted by molar-refractivity contribution is 7.78. The van der Waals surface area contributed by atoms with E-state index in [2.05, 4.69) is 22.4 Å². The molecule has 1 fully saturated rings. The minimum Gasteiger partial charge on any atom is -0.350 e. The summed E-state index contributed by atoms with van der Waals surface area (Å²) in [5, 5.41) is 2.31.